The number of carbonyl (C=O) groups excluding carboxylic acids is 2. The fourth-order valence-corrected chi connectivity index (χ4v) is 1.58. The van der Waals surface area contributed by atoms with E-state index < -0.39 is 0 Å². The molecule has 0 bridgehead atoms. The van der Waals surface area contributed by atoms with Gasteiger partial charge in [0.15, 0.2) is 0 Å². The number of rotatable bonds is 5. The summed E-state index contributed by atoms with van der Waals surface area (Å²) in [6.07, 6.45) is 4.60. The number of allylic oxidation sites excluding steroid dienone is 1. The topological polar surface area (TPSA) is 37.4 Å². The van der Waals surface area contributed by atoms with Crippen LogP contribution < -0.4 is 0 Å². The van der Waals surface area contributed by atoms with Crippen LogP contribution in [0.5, 0.6) is 0 Å². The van der Waals surface area contributed by atoms with Gasteiger partial charge in [-0.15, -0.1) is 6.58 Å². The summed E-state index contributed by atoms with van der Waals surface area (Å²) >= 11 is 0. The van der Waals surface area contributed by atoms with E-state index in [-0.39, 0.29) is 11.8 Å². The Kier molecular flexibility index (Phi) is 3.83. The number of amides is 2. The highest BCUT2D eigenvalue weighted by Crippen LogP contribution is 2.20. The molecule has 1 rings (SSSR count). The lowest BCUT2D eigenvalue weighted by Gasteiger charge is -2.13. The van der Waals surface area contributed by atoms with E-state index in [1.807, 2.05) is 6.08 Å². The molecule has 3 heteroatoms. The van der Waals surface area contributed by atoms with Gasteiger partial charge in [-0.3, -0.25) is 14.5 Å². The van der Waals surface area contributed by atoms with Crippen molar-refractivity contribution in [1.82, 2.24) is 4.90 Å². The first-order valence-corrected chi connectivity index (χ1v) is 5.24. The Balaban J connectivity index is 2.49. The monoisotopic (exact) mass is 207 g/mol. The number of hydrogen-bond donors (Lipinski definition) is 0. The molecule has 0 spiro atoms. The van der Waals surface area contributed by atoms with Gasteiger partial charge in [0.2, 0.25) is 0 Å². The molecule has 0 aromatic carbocycles. The van der Waals surface area contributed by atoms with Gasteiger partial charge >= 0.3 is 0 Å². The van der Waals surface area contributed by atoms with Gasteiger partial charge in [0.1, 0.15) is 0 Å². The Hall–Kier alpha value is -1.38. The Morgan fingerprint density at radius 3 is 2.13 bits per heavy atom. The minimum absolute atomic E-state index is 0.129. The molecular weight excluding hydrogens is 190 g/mol. The lowest BCUT2D eigenvalue weighted by molar-refractivity contribution is -0.137. The predicted octanol–water partition coefficient (Wildman–Crippen LogP) is 2.05. The molecule has 0 radical (unpaired) electrons. The number of imide groups is 1. The molecule has 0 fully saturated rings. The largest absolute Gasteiger partial charge is 0.275 e. The fraction of sp³-hybridized carbons (Fsp3) is 0.500. The van der Waals surface area contributed by atoms with E-state index in [9.17, 15) is 9.59 Å². The van der Waals surface area contributed by atoms with Crippen LogP contribution in [0.3, 0.4) is 0 Å². The molecule has 82 valence electrons. The van der Waals surface area contributed by atoms with Crippen molar-refractivity contribution < 1.29 is 9.59 Å². The van der Waals surface area contributed by atoms with Crippen molar-refractivity contribution in [3.63, 3.8) is 0 Å². The van der Waals surface area contributed by atoms with E-state index in [1.165, 1.54) is 4.90 Å². The van der Waals surface area contributed by atoms with Crippen LogP contribution in [-0.2, 0) is 9.59 Å². The number of nitrogens with zero attached hydrogens (tertiary/aromatic N) is 1. The highest BCUT2D eigenvalue weighted by molar-refractivity contribution is 6.18. The van der Waals surface area contributed by atoms with E-state index in [4.69, 9.17) is 0 Å². The Bertz CT molecular complexity index is 305. The minimum Gasteiger partial charge on any atom is -0.275 e. The summed E-state index contributed by atoms with van der Waals surface area (Å²) < 4.78 is 0. The summed E-state index contributed by atoms with van der Waals surface area (Å²) in [5, 5.41) is 0. The van der Waals surface area contributed by atoms with Crippen molar-refractivity contribution >= 4 is 11.8 Å². The van der Waals surface area contributed by atoms with E-state index in [1.54, 1.807) is 13.8 Å². The molecule has 0 saturated carbocycles. The molecule has 0 unspecified atom stereocenters. The molecule has 15 heavy (non-hydrogen) atoms. The molecule has 1 heterocycles. The van der Waals surface area contributed by atoms with Gasteiger partial charge in [0.25, 0.3) is 11.8 Å². The molecule has 1 aliphatic heterocycles. The predicted molar refractivity (Wildman–Crippen MR) is 59.1 cm³/mol. The quantitative estimate of drug-likeness (QED) is 0.393. The first kappa shape index (κ1) is 11.7. The number of carbonyl (C=O) groups is 2. The average molecular weight is 207 g/mol. The normalized spacial score (nSPS) is 16.5. The third-order valence-corrected chi connectivity index (χ3v) is 2.73. The van der Waals surface area contributed by atoms with Crippen LogP contribution in [0.25, 0.3) is 0 Å². The average Bonchev–Trinajstić information content (AvgIpc) is 2.41. The number of hydrogen-bond acceptors (Lipinski definition) is 2. The zero-order valence-corrected chi connectivity index (χ0v) is 9.38. The van der Waals surface area contributed by atoms with Crippen LogP contribution in [0.2, 0.25) is 0 Å². The molecule has 0 atom stereocenters. The molecular formula is C12H17NO2. The van der Waals surface area contributed by atoms with Crippen molar-refractivity contribution in [3.8, 4) is 0 Å². The van der Waals surface area contributed by atoms with Crippen molar-refractivity contribution in [2.45, 2.75) is 33.1 Å². The van der Waals surface area contributed by atoms with Gasteiger partial charge < -0.3 is 0 Å². The van der Waals surface area contributed by atoms with Crippen LogP contribution in [0.1, 0.15) is 33.1 Å². The van der Waals surface area contributed by atoms with Gasteiger partial charge in [-0.1, -0.05) is 6.08 Å². The molecule has 0 aromatic heterocycles. The smallest absolute Gasteiger partial charge is 0.256 e. The Morgan fingerprint density at radius 1 is 1.13 bits per heavy atom. The van der Waals surface area contributed by atoms with Gasteiger partial charge in [-0.2, -0.15) is 0 Å². The molecule has 0 N–H and O–H groups in total. The summed E-state index contributed by atoms with van der Waals surface area (Å²) in [5.74, 6) is -0.257. The van der Waals surface area contributed by atoms with Gasteiger partial charge in [-0.05, 0) is 33.1 Å². The van der Waals surface area contributed by atoms with E-state index >= 15 is 0 Å². The molecule has 0 aromatic rings. The van der Waals surface area contributed by atoms with Gasteiger partial charge in [-0.25, -0.2) is 0 Å². The first-order chi connectivity index (χ1) is 7.09. The van der Waals surface area contributed by atoms with Crippen LogP contribution in [-0.4, -0.2) is 23.3 Å². The van der Waals surface area contributed by atoms with E-state index in [0.717, 1.165) is 19.3 Å². The first-order valence-electron chi connectivity index (χ1n) is 5.24. The third kappa shape index (κ3) is 2.35. The summed E-state index contributed by atoms with van der Waals surface area (Å²) in [6.45, 7) is 7.57. The maximum absolute atomic E-state index is 11.6. The standard InChI is InChI=1S/C12H17NO2/c1-4-5-6-7-8-13-11(14)9(2)10(3)12(13)15/h4H,1,5-8H2,2-3H3. The lowest BCUT2D eigenvalue weighted by atomic mass is 10.2. The molecule has 0 saturated heterocycles. The minimum atomic E-state index is -0.129. The zero-order chi connectivity index (χ0) is 11.4. The fourth-order valence-electron chi connectivity index (χ4n) is 1.58. The van der Waals surface area contributed by atoms with E-state index in [2.05, 4.69) is 6.58 Å². The molecule has 3 nitrogen and oxygen atoms in total. The van der Waals surface area contributed by atoms with Gasteiger partial charge in [0.05, 0.1) is 0 Å². The Labute approximate surface area is 90.5 Å². The van der Waals surface area contributed by atoms with Crippen LogP contribution in [0, 0.1) is 0 Å². The Morgan fingerprint density at radius 2 is 1.67 bits per heavy atom. The van der Waals surface area contributed by atoms with Crippen LogP contribution in [0.4, 0.5) is 0 Å². The van der Waals surface area contributed by atoms with Crippen molar-refractivity contribution in [2.75, 3.05) is 6.54 Å². The summed E-state index contributed by atoms with van der Waals surface area (Å²) in [5.41, 5.74) is 1.17. The number of unbranched alkanes of at least 4 members (excludes halogenated alkanes) is 2. The van der Waals surface area contributed by atoms with Gasteiger partial charge in [0, 0.05) is 17.7 Å². The summed E-state index contributed by atoms with van der Waals surface area (Å²) in [7, 11) is 0. The zero-order valence-electron chi connectivity index (χ0n) is 9.38. The van der Waals surface area contributed by atoms with Crippen molar-refractivity contribution in [3.05, 3.63) is 23.8 Å². The maximum Gasteiger partial charge on any atom is 0.256 e. The second-order valence-electron chi connectivity index (χ2n) is 3.80. The van der Waals surface area contributed by atoms with Crippen molar-refractivity contribution in [2.24, 2.45) is 0 Å². The second-order valence-corrected chi connectivity index (χ2v) is 3.80. The highest BCUT2D eigenvalue weighted by Gasteiger charge is 2.32. The second kappa shape index (κ2) is 4.91. The molecule has 0 aliphatic carbocycles. The SMILES string of the molecule is C=CCCCCN1C(=O)C(C)=C(C)C1=O. The third-order valence-electron chi connectivity index (χ3n) is 2.73. The molecule has 1 aliphatic rings. The maximum atomic E-state index is 11.6. The molecule has 2 amide bonds. The summed E-state index contributed by atoms with van der Waals surface area (Å²) in [4.78, 5) is 24.6. The van der Waals surface area contributed by atoms with Crippen LogP contribution in [0.15, 0.2) is 23.8 Å². The van der Waals surface area contributed by atoms with Crippen molar-refractivity contribution in [1.29, 1.82) is 0 Å². The highest BCUT2D eigenvalue weighted by atomic mass is 16.2. The van der Waals surface area contributed by atoms with Crippen LogP contribution >= 0.6 is 0 Å². The summed E-state index contributed by atoms with van der Waals surface area (Å²) in [6, 6.07) is 0. The van der Waals surface area contributed by atoms with E-state index in [0.29, 0.717) is 17.7 Å². The lowest BCUT2D eigenvalue weighted by Crippen LogP contribution is -2.32.